The van der Waals surface area contributed by atoms with E-state index in [0.29, 0.717) is 0 Å². The van der Waals surface area contributed by atoms with Crippen LogP contribution in [-0.4, -0.2) is 25.5 Å². The standard InChI is InChI=1S/C3H4N2.Na.HO3P.H2O.H/c1-2-4-5-3-1;;1-4(2)3;;/h1-3H,(H,4,5);;(H-,1,2,3);1H2;/q;+1;;;-1/p+1. The van der Waals surface area contributed by atoms with E-state index >= 15 is 0 Å². The van der Waals surface area contributed by atoms with Crippen LogP contribution in [0.25, 0.3) is 0 Å². The monoisotopic (exact) mass is 191 g/mol. The fourth-order valence-electron chi connectivity index (χ4n) is 0.215. The van der Waals surface area contributed by atoms with Crippen LogP contribution in [-0.2, 0) is 4.57 Å². The summed E-state index contributed by atoms with van der Waals surface area (Å²) >= 11 is 0. The summed E-state index contributed by atoms with van der Waals surface area (Å²) in [7, 11) is -2.87. The Balaban J connectivity index is -0.0000000436. The molecule has 1 aromatic heterocycles. The molecule has 1 rings (SSSR count). The van der Waals surface area contributed by atoms with Gasteiger partial charge >= 0.3 is 37.8 Å². The molecule has 0 unspecified atom stereocenters. The number of nitrogens with zero attached hydrogens (tertiary/aromatic N) is 1. The fourth-order valence-corrected chi connectivity index (χ4v) is 0.215. The minimum absolute atomic E-state index is 0. The van der Waals surface area contributed by atoms with E-state index in [4.69, 9.17) is 14.4 Å². The van der Waals surface area contributed by atoms with Crippen LogP contribution in [0.15, 0.2) is 18.5 Å². The predicted octanol–water partition coefficient (Wildman–Crippen LogP) is -3.67. The number of rotatable bonds is 0. The molecule has 0 aliphatic heterocycles. The normalized spacial score (nSPS) is 6.00. The molecule has 0 atom stereocenters. The number of aromatic nitrogens is 2. The van der Waals surface area contributed by atoms with Crippen LogP contribution in [0.1, 0.15) is 1.43 Å². The number of nitrogens with one attached hydrogen (secondary N) is 1. The number of aromatic amines is 1. The van der Waals surface area contributed by atoms with Crippen molar-refractivity contribution in [2.45, 2.75) is 0 Å². The molecule has 0 saturated heterocycles. The molecule has 0 spiro atoms. The van der Waals surface area contributed by atoms with Gasteiger partial charge in [0.15, 0.2) is 0 Å². The Labute approximate surface area is 87.7 Å². The first kappa shape index (κ1) is 17.3. The topological polar surface area (TPSA) is 118 Å². The summed E-state index contributed by atoms with van der Waals surface area (Å²) in [4.78, 5) is 14.2. The van der Waals surface area contributed by atoms with Crippen LogP contribution in [0.4, 0.5) is 0 Å². The maximum Gasteiger partial charge on any atom is 1.00 e. The van der Waals surface area contributed by atoms with Crippen molar-refractivity contribution in [2.75, 3.05) is 0 Å². The first-order valence-corrected chi connectivity index (χ1v) is 3.18. The summed E-state index contributed by atoms with van der Waals surface area (Å²) in [6, 6.07) is 1.83. The van der Waals surface area contributed by atoms with Crippen LogP contribution in [0.5, 0.6) is 0 Å². The zero-order valence-corrected chi connectivity index (χ0v) is 8.82. The first-order chi connectivity index (χ1) is 4.23. The average molecular weight is 191 g/mol. The minimum atomic E-state index is -2.87. The molecule has 11 heavy (non-hydrogen) atoms. The second-order valence-corrected chi connectivity index (χ2v) is 1.52. The zero-order valence-electron chi connectivity index (χ0n) is 6.93. The van der Waals surface area contributed by atoms with E-state index in [2.05, 4.69) is 10.2 Å². The van der Waals surface area contributed by atoms with Gasteiger partial charge in [-0.2, -0.15) is 5.10 Å². The predicted molar refractivity (Wildman–Crippen MR) is 35.4 cm³/mol. The number of hydrogen-bond acceptors (Lipinski definition) is 2. The molecule has 5 N–H and O–H groups in total. The van der Waals surface area contributed by atoms with Gasteiger partial charge in [-0.1, -0.05) is 0 Å². The molecule has 8 heteroatoms. The summed E-state index contributed by atoms with van der Waals surface area (Å²) in [5.41, 5.74) is 0. The Hall–Kier alpha value is 0.190. The molecule has 0 saturated carbocycles. The van der Waals surface area contributed by atoms with Crippen molar-refractivity contribution < 1.29 is 50.8 Å². The molecule has 0 radical (unpaired) electrons. The Kier molecular flexibility index (Phi) is 20.2. The van der Waals surface area contributed by atoms with E-state index in [0.717, 1.165) is 0 Å². The van der Waals surface area contributed by atoms with E-state index in [-0.39, 0.29) is 36.5 Å². The van der Waals surface area contributed by atoms with Gasteiger partial charge in [0.05, 0.1) is 0 Å². The Bertz CT molecular complexity index is 142. The largest absolute Gasteiger partial charge is 1.00 e. The molecule has 0 fully saturated rings. The molecular weight excluding hydrogens is 182 g/mol. The first-order valence-electron chi connectivity index (χ1n) is 2.02. The molecule has 1 aromatic rings. The van der Waals surface area contributed by atoms with Gasteiger partial charge in [-0.3, -0.25) is 5.10 Å². The second-order valence-electron chi connectivity index (χ2n) is 1.02. The molecule has 0 amide bonds. The van der Waals surface area contributed by atoms with Crippen molar-refractivity contribution in [2.24, 2.45) is 0 Å². The third-order valence-corrected chi connectivity index (χ3v) is 0.406. The Morgan fingerprint density at radius 3 is 2.09 bits per heavy atom. The molecular formula is C3H9N2NaO4P+. The van der Waals surface area contributed by atoms with Crippen molar-refractivity contribution in [3.63, 3.8) is 0 Å². The summed E-state index contributed by atoms with van der Waals surface area (Å²) in [5, 5.41) is 6.21. The van der Waals surface area contributed by atoms with Crippen molar-refractivity contribution in [1.82, 2.24) is 10.2 Å². The van der Waals surface area contributed by atoms with Crippen LogP contribution in [0.3, 0.4) is 0 Å². The van der Waals surface area contributed by atoms with E-state index in [1.807, 2.05) is 6.07 Å². The summed E-state index contributed by atoms with van der Waals surface area (Å²) in [6.07, 6.45) is 3.46. The zero-order chi connectivity index (χ0) is 7.11. The van der Waals surface area contributed by atoms with Gasteiger partial charge < -0.3 is 6.90 Å². The third kappa shape index (κ3) is 25.4. The van der Waals surface area contributed by atoms with Crippen molar-refractivity contribution in [3.05, 3.63) is 18.5 Å². The molecule has 0 aliphatic rings. The van der Waals surface area contributed by atoms with Gasteiger partial charge in [-0.25, -0.2) is 0 Å². The quantitative estimate of drug-likeness (QED) is 0.289. The Morgan fingerprint density at radius 2 is 2.00 bits per heavy atom. The maximum atomic E-state index is 8.70. The summed E-state index contributed by atoms with van der Waals surface area (Å²) < 4.78 is 8.70. The SMILES string of the molecule is O.O=[P+](O)O.[H-].[Na+].c1cn[nH]c1. The van der Waals surface area contributed by atoms with Crippen molar-refractivity contribution in [1.29, 1.82) is 0 Å². The molecule has 60 valence electrons. The van der Waals surface area contributed by atoms with Crippen molar-refractivity contribution >= 4 is 8.25 Å². The van der Waals surface area contributed by atoms with Crippen LogP contribution in [0.2, 0.25) is 0 Å². The Morgan fingerprint density at radius 1 is 1.55 bits per heavy atom. The third-order valence-electron chi connectivity index (χ3n) is 0.406. The van der Waals surface area contributed by atoms with Crippen molar-refractivity contribution in [3.8, 4) is 0 Å². The van der Waals surface area contributed by atoms with E-state index < -0.39 is 8.25 Å². The van der Waals surface area contributed by atoms with Crippen LogP contribution in [0, 0.1) is 0 Å². The number of hydrogen-bond donors (Lipinski definition) is 3. The summed E-state index contributed by atoms with van der Waals surface area (Å²) in [5.74, 6) is 0. The number of H-pyrrole nitrogens is 1. The molecule has 0 aromatic carbocycles. The second kappa shape index (κ2) is 12.8. The van der Waals surface area contributed by atoms with Gasteiger partial charge in [-0.05, 0) is 6.07 Å². The van der Waals surface area contributed by atoms with E-state index in [1.54, 1.807) is 12.4 Å². The van der Waals surface area contributed by atoms with Gasteiger partial charge in [0.25, 0.3) is 0 Å². The van der Waals surface area contributed by atoms with Gasteiger partial charge in [0, 0.05) is 17.0 Å². The maximum absolute atomic E-state index is 8.70. The van der Waals surface area contributed by atoms with E-state index in [1.165, 1.54) is 0 Å². The molecule has 0 bridgehead atoms. The van der Waals surface area contributed by atoms with E-state index in [9.17, 15) is 0 Å². The molecule has 6 nitrogen and oxygen atoms in total. The van der Waals surface area contributed by atoms with Gasteiger partial charge in [0.1, 0.15) is 0 Å². The van der Waals surface area contributed by atoms with Crippen LogP contribution < -0.4 is 29.6 Å². The molecule has 1 heterocycles. The van der Waals surface area contributed by atoms with Gasteiger partial charge in [0.2, 0.25) is 0 Å². The fraction of sp³-hybridized carbons (Fsp3) is 0. The minimum Gasteiger partial charge on any atom is -1.00 e. The summed E-state index contributed by atoms with van der Waals surface area (Å²) in [6.45, 7) is 0. The van der Waals surface area contributed by atoms with Gasteiger partial charge in [-0.15, -0.1) is 9.79 Å². The molecule has 0 aliphatic carbocycles. The smallest absolute Gasteiger partial charge is 1.00 e. The average Bonchev–Trinajstić information content (AvgIpc) is 2.11. The van der Waals surface area contributed by atoms with Crippen LogP contribution >= 0.6 is 8.25 Å².